The zero-order chi connectivity index (χ0) is 22.7. The van der Waals surface area contributed by atoms with E-state index < -0.39 is 10.0 Å². The molecule has 0 aliphatic rings. The lowest BCUT2D eigenvalue weighted by molar-refractivity contribution is 0.588. The molecular formula is C22H23ClN6O2S. The number of aromatic nitrogens is 5. The first-order valence-corrected chi connectivity index (χ1v) is 12.0. The summed E-state index contributed by atoms with van der Waals surface area (Å²) >= 11 is 6.34. The Morgan fingerprint density at radius 3 is 2.56 bits per heavy atom. The summed E-state index contributed by atoms with van der Waals surface area (Å²) in [5, 5.41) is 16.0. The second kappa shape index (κ2) is 9.13. The van der Waals surface area contributed by atoms with Gasteiger partial charge in [0.2, 0.25) is 0 Å². The van der Waals surface area contributed by atoms with Gasteiger partial charge in [-0.05, 0) is 43.7 Å². The summed E-state index contributed by atoms with van der Waals surface area (Å²) in [7, 11) is -3.82. The minimum atomic E-state index is -3.82. The number of hydrogen-bond donors (Lipinski definition) is 1. The van der Waals surface area contributed by atoms with E-state index in [1.165, 1.54) is 4.31 Å². The Kier molecular flexibility index (Phi) is 6.29. The number of anilines is 1. The van der Waals surface area contributed by atoms with Gasteiger partial charge < -0.3 is 0 Å². The first-order chi connectivity index (χ1) is 15.4. The molecule has 2 aromatic heterocycles. The van der Waals surface area contributed by atoms with Crippen molar-refractivity contribution in [3.63, 3.8) is 0 Å². The molecule has 4 aromatic rings. The van der Waals surface area contributed by atoms with Crippen LogP contribution in [0.5, 0.6) is 0 Å². The van der Waals surface area contributed by atoms with Crippen LogP contribution in [0, 0.1) is 6.92 Å². The Labute approximate surface area is 191 Å². The van der Waals surface area contributed by atoms with Gasteiger partial charge in [0.05, 0.1) is 10.6 Å². The van der Waals surface area contributed by atoms with Crippen molar-refractivity contribution < 1.29 is 8.42 Å². The number of rotatable bonds is 8. The maximum absolute atomic E-state index is 13.7. The average molecular weight is 471 g/mol. The van der Waals surface area contributed by atoms with E-state index in [1.54, 1.807) is 65.4 Å². The smallest absolute Gasteiger partial charge is 0.264 e. The van der Waals surface area contributed by atoms with Crippen LogP contribution in [0.4, 0.5) is 5.69 Å². The van der Waals surface area contributed by atoms with Gasteiger partial charge in [-0.15, -0.1) is 10.2 Å². The van der Waals surface area contributed by atoms with E-state index in [-0.39, 0.29) is 4.90 Å². The van der Waals surface area contributed by atoms with Crippen LogP contribution in [0.3, 0.4) is 0 Å². The van der Waals surface area contributed by atoms with E-state index in [9.17, 15) is 8.42 Å². The Morgan fingerprint density at radius 2 is 1.88 bits per heavy atom. The Bertz CT molecular complexity index is 1300. The number of unbranched alkanes of at least 4 members (excludes halogenated alkanes) is 1. The number of H-pyrrole nitrogens is 1. The number of hydrogen-bond acceptors (Lipinski definition) is 5. The molecule has 0 bridgehead atoms. The van der Waals surface area contributed by atoms with Crippen molar-refractivity contribution in [3.8, 4) is 17.2 Å². The molecule has 166 valence electrons. The van der Waals surface area contributed by atoms with Gasteiger partial charge in [0.15, 0.2) is 11.6 Å². The SMILES string of the molecule is CCCCN(c1ccc(Cl)cc1-c1nnc(C)n1-c1cc[nH]n1)S(=O)(=O)c1ccccc1. The molecule has 4 rings (SSSR count). The fourth-order valence-corrected chi connectivity index (χ4v) is 5.20. The number of benzene rings is 2. The van der Waals surface area contributed by atoms with Crippen LogP contribution in [0.25, 0.3) is 17.2 Å². The van der Waals surface area contributed by atoms with Gasteiger partial charge in [-0.2, -0.15) is 5.10 Å². The van der Waals surface area contributed by atoms with Crippen LogP contribution in [0.2, 0.25) is 5.02 Å². The van der Waals surface area contributed by atoms with Crippen molar-refractivity contribution in [2.24, 2.45) is 0 Å². The van der Waals surface area contributed by atoms with Gasteiger partial charge in [-0.1, -0.05) is 43.1 Å². The number of halogens is 1. The maximum Gasteiger partial charge on any atom is 0.264 e. The van der Waals surface area contributed by atoms with Gasteiger partial charge in [0, 0.05) is 29.4 Å². The first kappa shape index (κ1) is 22.0. The molecule has 0 radical (unpaired) electrons. The molecule has 2 heterocycles. The number of sulfonamides is 1. The predicted octanol–water partition coefficient (Wildman–Crippen LogP) is 4.61. The molecule has 2 aromatic carbocycles. The normalized spacial score (nSPS) is 11.6. The first-order valence-electron chi connectivity index (χ1n) is 10.2. The molecule has 32 heavy (non-hydrogen) atoms. The maximum atomic E-state index is 13.7. The van der Waals surface area contributed by atoms with Crippen LogP contribution < -0.4 is 4.31 Å². The highest BCUT2D eigenvalue weighted by molar-refractivity contribution is 7.92. The minimum Gasteiger partial charge on any atom is -0.284 e. The molecule has 0 saturated carbocycles. The van der Waals surface area contributed by atoms with E-state index in [4.69, 9.17) is 11.6 Å². The molecule has 0 atom stereocenters. The van der Waals surface area contributed by atoms with Crippen LogP contribution in [0.15, 0.2) is 65.7 Å². The third kappa shape index (κ3) is 4.13. The largest absolute Gasteiger partial charge is 0.284 e. The molecule has 10 heteroatoms. The van der Waals surface area contributed by atoms with E-state index in [2.05, 4.69) is 20.4 Å². The van der Waals surface area contributed by atoms with Crippen LogP contribution in [-0.4, -0.2) is 39.9 Å². The van der Waals surface area contributed by atoms with Crippen molar-refractivity contribution in [2.75, 3.05) is 10.8 Å². The summed E-state index contributed by atoms with van der Waals surface area (Å²) in [6.07, 6.45) is 3.23. The molecule has 8 nitrogen and oxygen atoms in total. The Hall–Kier alpha value is -3.17. The molecule has 1 N–H and O–H groups in total. The lowest BCUT2D eigenvalue weighted by atomic mass is 10.1. The van der Waals surface area contributed by atoms with Crippen molar-refractivity contribution in [2.45, 2.75) is 31.6 Å². The van der Waals surface area contributed by atoms with Gasteiger partial charge in [-0.25, -0.2) is 8.42 Å². The summed E-state index contributed by atoms with van der Waals surface area (Å²) < 4.78 is 30.5. The van der Waals surface area contributed by atoms with Crippen LogP contribution >= 0.6 is 11.6 Å². The summed E-state index contributed by atoms with van der Waals surface area (Å²) in [6, 6.07) is 15.3. The van der Waals surface area contributed by atoms with Crippen molar-refractivity contribution in [3.05, 3.63) is 71.6 Å². The van der Waals surface area contributed by atoms with Crippen LogP contribution in [-0.2, 0) is 10.0 Å². The molecule has 0 fully saturated rings. The fraction of sp³-hybridized carbons (Fsp3) is 0.227. The zero-order valence-corrected chi connectivity index (χ0v) is 19.3. The Morgan fingerprint density at radius 1 is 1.09 bits per heavy atom. The number of aryl methyl sites for hydroxylation is 1. The highest BCUT2D eigenvalue weighted by Crippen LogP contribution is 2.36. The molecule has 0 unspecified atom stereocenters. The average Bonchev–Trinajstić information content (AvgIpc) is 3.44. The highest BCUT2D eigenvalue weighted by Gasteiger charge is 2.28. The molecule has 0 spiro atoms. The van der Waals surface area contributed by atoms with E-state index >= 15 is 0 Å². The van der Waals surface area contributed by atoms with Gasteiger partial charge in [0.1, 0.15) is 5.82 Å². The highest BCUT2D eigenvalue weighted by atomic mass is 35.5. The second-order valence-electron chi connectivity index (χ2n) is 7.24. The summed E-state index contributed by atoms with van der Waals surface area (Å²) in [6.45, 7) is 4.15. The number of nitrogens with one attached hydrogen (secondary N) is 1. The zero-order valence-electron chi connectivity index (χ0n) is 17.7. The predicted molar refractivity (Wildman–Crippen MR) is 125 cm³/mol. The second-order valence-corrected chi connectivity index (χ2v) is 9.54. The quantitative estimate of drug-likeness (QED) is 0.405. The molecule has 0 saturated heterocycles. The molecule has 0 amide bonds. The lowest BCUT2D eigenvalue weighted by Gasteiger charge is -2.26. The molecular weight excluding hydrogens is 448 g/mol. The van der Waals surface area contributed by atoms with Gasteiger partial charge in [0.25, 0.3) is 10.0 Å². The molecule has 0 aliphatic heterocycles. The van der Waals surface area contributed by atoms with Crippen molar-refractivity contribution >= 4 is 27.3 Å². The summed E-state index contributed by atoms with van der Waals surface area (Å²) in [5.41, 5.74) is 1.03. The molecule has 0 aliphatic carbocycles. The third-order valence-electron chi connectivity index (χ3n) is 5.05. The van der Waals surface area contributed by atoms with Gasteiger partial charge in [-0.3, -0.25) is 14.0 Å². The fourth-order valence-electron chi connectivity index (χ4n) is 3.48. The van der Waals surface area contributed by atoms with Gasteiger partial charge >= 0.3 is 0 Å². The minimum absolute atomic E-state index is 0.224. The van der Waals surface area contributed by atoms with E-state index in [0.29, 0.717) is 46.7 Å². The monoisotopic (exact) mass is 470 g/mol. The summed E-state index contributed by atoms with van der Waals surface area (Å²) in [4.78, 5) is 0.224. The number of nitrogens with zero attached hydrogens (tertiary/aromatic N) is 5. The van der Waals surface area contributed by atoms with Crippen LogP contribution in [0.1, 0.15) is 25.6 Å². The topological polar surface area (TPSA) is 96.8 Å². The standard InChI is InChI=1S/C22H23ClN6O2S/c1-3-4-14-28(32(30,31)18-8-6-5-7-9-18)20-11-10-17(23)15-19(20)22-27-25-16(2)29(22)21-12-13-24-26-21/h5-13,15H,3-4,14H2,1-2H3,(H,24,26). The van der Waals surface area contributed by atoms with Crippen molar-refractivity contribution in [1.82, 2.24) is 25.0 Å². The number of aromatic amines is 1. The lowest BCUT2D eigenvalue weighted by Crippen LogP contribution is -2.32. The van der Waals surface area contributed by atoms with Crippen molar-refractivity contribution in [1.29, 1.82) is 0 Å². The summed E-state index contributed by atoms with van der Waals surface area (Å²) in [5.74, 6) is 1.67. The third-order valence-corrected chi connectivity index (χ3v) is 7.12. The van der Waals surface area contributed by atoms with E-state index in [1.807, 2.05) is 13.8 Å². The van der Waals surface area contributed by atoms with E-state index in [0.717, 1.165) is 6.42 Å². The Balaban J connectivity index is 1.93.